The Hall–Kier alpha value is -2.16. The van der Waals surface area contributed by atoms with Crippen LogP contribution in [0.4, 0.5) is 4.39 Å². The molecule has 0 radical (unpaired) electrons. The summed E-state index contributed by atoms with van der Waals surface area (Å²) in [6, 6.07) is 10.5. The van der Waals surface area contributed by atoms with Crippen molar-refractivity contribution in [1.29, 1.82) is 0 Å². The van der Waals surface area contributed by atoms with Gasteiger partial charge in [-0.15, -0.1) is 0 Å². The third-order valence-corrected chi connectivity index (χ3v) is 3.62. The van der Waals surface area contributed by atoms with Crippen molar-refractivity contribution in [3.8, 4) is 11.1 Å². The van der Waals surface area contributed by atoms with Crippen molar-refractivity contribution in [2.75, 3.05) is 6.54 Å². The molecule has 0 fully saturated rings. The predicted octanol–water partition coefficient (Wildman–Crippen LogP) is 3.09. The molecule has 0 saturated heterocycles. The molecule has 1 heterocycles. The lowest BCUT2D eigenvalue weighted by Crippen LogP contribution is -2.32. The Kier molecular flexibility index (Phi) is 2.82. The van der Waals surface area contributed by atoms with Gasteiger partial charge in [-0.25, -0.2) is 4.39 Å². The molecule has 0 aliphatic carbocycles. The van der Waals surface area contributed by atoms with E-state index in [2.05, 4.69) is 5.32 Å². The van der Waals surface area contributed by atoms with Gasteiger partial charge >= 0.3 is 0 Å². The van der Waals surface area contributed by atoms with Crippen LogP contribution in [0.25, 0.3) is 11.1 Å². The van der Waals surface area contributed by atoms with Crippen molar-refractivity contribution in [3.63, 3.8) is 0 Å². The number of nitrogens with one attached hydrogen (secondary N) is 1. The Bertz CT molecular complexity index is 664. The number of benzene rings is 2. The molecular formula is C16H14FNO. The lowest BCUT2D eigenvalue weighted by Gasteiger charge is -2.20. The monoisotopic (exact) mass is 255 g/mol. The molecule has 1 aliphatic heterocycles. The summed E-state index contributed by atoms with van der Waals surface area (Å²) >= 11 is 0. The Labute approximate surface area is 111 Å². The fourth-order valence-electron chi connectivity index (χ4n) is 2.66. The third kappa shape index (κ3) is 1.91. The first-order valence-corrected chi connectivity index (χ1v) is 6.34. The normalized spacial score (nSPS) is 13.9. The second-order valence-corrected chi connectivity index (χ2v) is 4.76. The number of halogens is 1. The standard InChI is InChI=1S/C16H14FNO/c1-10-12(13-4-2-3-5-14(13)17)7-6-11-8-9-18-16(19)15(10)11/h2-7H,8-9H2,1H3,(H,18,19). The molecule has 2 aromatic rings. The zero-order chi connectivity index (χ0) is 13.4. The van der Waals surface area contributed by atoms with Crippen molar-refractivity contribution in [2.24, 2.45) is 0 Å². The predicted molar refractivity (Wildman–Crippen MR) is 72.6 cm³/mol. The van der Waals surface area contributed by atoms with Gasteiger partial charge in [-0.05, 0) is 36.1 Å². The summed E-state index contributed by atoms with van der Waals surface area (Å²) in [4.78, 5) is 12.0. The van der Waals surface area contributed by atoms with E-state index in [-0.39, 0.29) is 11.7 Å². The molecule has 0 bridgehead atoms. The van der Waals surface area contributed by atoms with Gasteiger partial charge in [0.25, 0.3) is 5.91 Å². The van der Waals surface area contributed by atoms with Gasteiger partial charge in [0.1, 0.15) is 5.82 Å². The number of carbonyl (C=O) groups excluding carboxylic acids is 1. The number of hydrogen-bond acceptors (Lipinski definition) is 1. The summed E-state index contributed by atoms with van der Waals surface area (Å²) in [5.74, 6) is -0.321. The summed E-state index contributed by atoms with van der Waals surface area (Å²) in [5.41, 5.74) is 3.92. The van der Waals surface area contributed by atoms with E-state index in [1.165, 1.54) is 6.07 Å². The molecule has 2 aromatic carbocycles. The molecule has 0 unspecified atom stereocenters. The zero-order valence-electron chi connectivity index (χ0n) is 10.7. The van der Waals surface area contributed by atoms with E-state index in [4.69, 9.17) is 0 Å². The van der Waals surface area contributed by atoms with E-state index in [9.17, 15) is 9.18 Å². The van der Waals surface area contributed by atoms with Gasteiger partial charge < -0.3 is 5.32 Å². The van der Waals surface area contributed by atoms with Gasteiger partial charge in [0.05, 0.1) is 0 Å². The second-order valence-electron chi connectivity index (χ2n) is 4.76. The van der Waals surface area contributed by atoms with Crippen LogP contribution in [-0.4, -0.2) is 12.5 Å². The minimum Gasteiger partial charge on any atom is -0.352 e. The van der Waals surface area contributed by atoms with Crippen LogP contribution in [0.1, 0.15) is 21.5 Å². The molecule has 3 heteroatoms. The average molecular weight is 255 g/mol. The molecule has 1 aliphatic rings. The first-order valence-electron chi connectivity index (χ1n) is 6.34. The largest absolute Gasteiger partial charge is 0.352 e. The summed E-state index contributed by atoms with van der Waals surface area (Å²) in [6.45, 7) is 2.55. The first-order chi connectivity index (χ1) is 9.18. The fourth-order valence-corrected chi connectivity index (χ4v) is 2.66. The number of carbonyl (C=O) groups is 1. The summed E-state index contributed by atoms with van der Waals surface area (Å²) in [6.07, 6.45) is 0.833. The Morgan fingerprint density at radius 1 is 1.11 bits per heavy atom. The van der Waals surface area contributed by atoms with Crippen molar-refractivity contribution in [3.05, 3.63) is 58.9 Å². The van der Waals surface area contributed by atoms with E-state index in [1.54, 1.807) is 18.2 Å². The van der Waals surface area contributed by atoms with Crippen LogP contribution >= 0.6 is 0 Å². The molecule has 0 spiro atoms. The highest BCUT2D eigenvalue weighted by atomic mass is 19.1. The maximum absolute atomic E-state index is 13.9. The smallest absolute Gasteiger partial charge is 0.251 e. The van der Waals surface area contributed by atoms with Crippen LogP contribution in [0.3, 0.4) is 0 Å². The highest BCUT2D eigenvalue weighted by Gasteiger charge is 2.21. The summed E-state index contributed by atoms with van der Waals surface area (Å²) < 4.78 is 13.9. The zero-order valence-corrected chi connectivity index (χ0v) is 10.7. The van der Waals surface area contributed by atoms with Gasteiger partial charge in [0, 0.05) is 17.7 Å². The molecule has 1 amide bonds. The molecule has 19 heavy (non-hydrogen) atoms. The highest BCUT2D eigenvalue weighted by Crippen LogP contribution is 2.30. The van der Waals surface area contributed by atoms with Crippen LogP contribution in [-0.2, 0) is 6.42 Å². The van der Waals surface area contributed by atoms with Crippen molar-refractivity contribution < 1.29 is 9.18 Å². The van der Waals surface area contributed by atoms with Crippen LogP contribution in [0.2, 0.25) is 0 Å². The van der Waals surface area contributed by atoms with Crippen LogP contribution in [0.5, 0.6) is 0 Å². The number of fused-ring (bicyclic) bond motifs is 1. The maximum atomic E-state index is 13.9. The average Bonchev–Trinajstić information content (AvgIpc) is 2.40. The van der Waals surface area contributed by atoms with E-state index in [0.29, 0.717) is 17.7 Å². The maximum Gasteiger partial charge on any atom is 0.251 e. The summed E-state index contributed by atoms with van der Waals surface area (Å²) in [7, 11) is 0. The van der Waals surface area contributed by atoms with E-state index in [0.717, 1.165) is 23.1 Å². The van der Waals surface area contributed by atoms with Crippen molar-refractivity contribution in [1.82, 2.24) is 5.32 Å². The van der Waals surface area contributed by atoms with Gasteiger partial charge in [0.2, 0.25) is 0 Å². The van der Waals surface area contributed by atoms with Crippen LogP contribution in [0, 0.1) is 12.7 Å². The number of hydrogen-bond donors (Lipinski definition) is 1. The quantitative estimate of drug-likeness (QED) is 0.833. The van der Waals surface area contributed by atoms with Gasteiger partial charge in [-0.3, -0.25) is 4.79 Å². The molecule has 0 atom stereocenters. The van der Waals surface area contributed by atoms with E-state index in [1.807, 2.05) is 19.1 Å². The molecule has 0 saturated carbocycles. The SMILES string of the molecule is Cc1c(-c2ccccc2F)ccc2c1C(=O)NCC2. The van der Waals surface area contributed by atoms with Gasteiger partial charge in [-0.1, -0.05) is 30.3 Å². The van der Waals surface area contributed by atoms with Crippen LogP contribution < -0.4 is 5.32 Å². The molecule has 96 valence electrons. The molecular weight excluding hydrogens is 241 g/mol. The van der Waals surface area contributed by atoms with Gasteiger partial charge in [0.15, 0.2) is 0 Å². The molecule has 0 aromatic heterocycles. The Morgan fingerprint density at radius 3 is 2.68 bits per heavy atom. The lowest BCUT2D eigenvalue weighted by atomic mass is 9.89. The number of amides is 1. The number of rotatable bonds is 1. The van der Waals surface area contributed by atoms with Gasteiger partial charge in [-0.2, -0.15) is 0 Å². The fraction of sp³-hybridized carbons (Fsp3) is 0.188. The minimum absolute atomic E-state index is 0.0584. The Morgan fingerprint density at radius 2 is 1.89 bits per heavy atom. The van der Waals surface area contributed by atoms with Crippen molar-refractivity contribution >= 4 is 5.91 Å². The topological polar surface area (TPSA) is 29.1 Å². The van der Waals surface area contributed by atoms with E-state index < -0.39 is 0 Å². The van der Waals surface area contributed by atoms with E-state index >= 15 is 0 Å². The lowest BCUT2D eigenvalue weighted by molar-refractivity contribution is 0.0945. The minimum atomic E-state index is -0.262. The third-order valence-electron chi connectivity index (χ3n) is 3.62. The second kappa shape index (κ2) is 4.50. The van der Waals surface area contributed by atoms with Crippen LogP contribution in [0.15, 0.2) is 36.4 Å². The Balaban J connectivity index is 2.22. The summed E-state index contributed by atoms with van der Waals surface area (Å²) in [5, 5.41) is 2.84. The highest BCUT2D eigenvalue weighted by molar-refractivity contribution is 6.00. The van der Waals surface area contributed by atoms with Crippen molar-refractivity contribution in [2.45, 2.75) is 13.3 Å². The molecule has 2 nitrogen and oxygen atoms in total. The molecule has 1 N–H and O–H groups in total. The molecule has 3 rings (SSSR count). The first kappa shape index (κ1) is 11.9.